The molecule has 0 aliphatic rings. The predicted octanol–water partition coefficient (Wildman–Crippen LogP) is 3.53. The van der Waals surface area contributed by atoms with Crippen LogP contribution in [0.25, 0.3) is 11.3 Å². The molecule has 2 rings (SSSR count). The van der Waals surface area contributed by atoms with Crippen LogP contribution in [0.5, 0.6) is 0 Å². The quantitative estimate of drug-likeness (QED) is 0.757. The molecule has 78 valence electrons. The number of halogens is 1. The van der Waals surface area contributed by atoms with Crippen molar-refractivity contribution in [3.63, 3.8) is 0 Å². The third kappa shape index (κ3) is 1.90. The maximum Gasteiger partial charge on any atom is 0.0967 e. The molecule has 0 bridgehead atoms. The number of hydrogen-bond acceptors (Lipinski definition) is 1. The summed E-state index contributed by atoms with van der Waals surface area (Å²) in [5.74, 6) is 0. The Balaban J connectivity index is 2.54. The zero-order chi connectivity index (χ0) is 10.8. The van der Waals surface area contributed by atoms with Crippen LogP contribution < -0.4 is 0 Å². The zero-order valence-corrected chi connectivity index (χ0v) is 9.62. The van der Waals surface area contributed by atoms with Gasteiger partial charge in [0.2, 0.25) is 0 Å². The van der Waals surface area contributed by atoms with Crippen molar-refractivity contribution in [1.29, 1.82) is 0 Å². The molecule has 0 aliphatic carbocycles. The molecule has 0 aliphatic heterocycles. The SMILES string of the molecule is CCn1cc(C)c(-c2ccccc2Cl)n1. The normalized spacial score (nSPS) is 10.6. The molecule has 1 aromatic carbocycles. The monoisotopic (exact) mass is 220 g/mol. The fourth-order valence-corrected chi connectivity index (χ4v) is 1.83. The summed E-state index contributed by atoms with van der Waals surface area (Å²) in [6.07, 6.45) is 2.04. The lowest BCUT2D eigenvalue weighted by molar-refractivity contribution is 0.661. The van der Waals surface area contributed by atoms with Gasteiger partial charge in [0.15, 0.2) is 0 Å². The number of nitrogens with zero attached hydrogens (tertiary/aromatic N) is 2. The van der Waals surface area contributed by atoms with Crippen LogP contribution in [0.1, 0.15) is 12.5 Å². The zero-order valence-electron chi connectivity index (χ0n) is 8.87. The molecule has 0 amide bonds. The van der Waals surface area contributed by atoms with E-state index in [0.717, 1.165) is 28.4 Å². The van der Waals surface area contributed by atoms with Crippen LogP contribution >= 0.6 is 11.6 Å². The molecule has 0 atom stereocenters. The number of benzene rings is 1. The van der Waals surface area contributed by atoms with Gasteiger partial charge in [-0.3, -0.25) is 4.68 Å². The molecule has 0 fully saturated rings. The van der Waals surface area contributed by atoms with E-state index in [4.69, 9.17) is 11.6 Å². The Morgan fingerprint density at radius 2 is 2.07 bits per heavy atom. The molecule has 2 nitrogen and oxygen atoms in total. The van der Waals surface area contributed by atoms with Gasteiger partial charge < -0.3 is 0 Å². The van der Waals surface area contributed by atoms with Crippen LogP contribution in [0, 0.1) is 6.92 Å². The maximum atomic E-state index is 6.13. The van der Waals surface area contributed by atoms with Crippen LogP contribution in [0.2, 0.25) is 5.02 Å². The predicted molar refractivity (Wildman–Crippen MR) is 63.1 cm³/mol. The first kappa shape index (κ1) is 10.2. The second-order valence-corrected chi connectivity index (χ2v) is 3.90. The molecule has 0 saturated carbocycles. The average molecular weight is 221 g/mol. The molecule has 15 heavy (non-hydrogen) atoms. The third-order valence-electron chi connectivity index (χ3n) is 2.40. The largest absolute Gasteiger partial charge is 0.272 e. The van der Waals surface area contributed by atoms with Crippen molar-refractivity contribution in [1.82, 2.24) is 9.78 Å². The summed E-state index contributed by atoms with van der Waals surface area (Å²) in [6, 6.07) is 7.79. The molecule has 0 radical (unpaired) electrons. The summed E-state index contributed by atoms with van der Waals surface area (Å²) in [6.45, 7) is 5.01. The van der Waals surface area contributed by atoms with E-state index in [1.807, 2.05) is 35.1 Å². The average Bonchev–Trinajstić information content (AvgIpc) is 2.60. The summed E-state index contributed by atoms with van der Waals surface area (Å²) in [4.78, 5) is 0. The Morgan fingerprint density at radius 3 is 2.67 bits per heavy atom. The Labute approximate surface area is 94.5 Å². The van der Waals surface area contributed by atoms with Crippen molar-refractivity contribution in [2.45, 2.75) is 20.4 Å². The van der Waals surface area contributed by atoms with Gasteiger partial charge in [0.25, 0.3) is 0 Å². The van der Waals surface area contributed by atoms with Gasteiger partial charge in [-0.2, -0.15) is 5.10 Å². The Morgan fingerprint density at radius 1 is 1.33 bits per heavy atom. The Hall–Kier alpha value is -1.28. The number of rotatable bonds is 2. The van der Waals surface area contributed by atoms with Crippen LogP contribution in [0.4, 0.5) is 0 Å². The highest BCUT2D eigenvalue weighted by Gasteiger charge is 2.09. The summed E-state index contributed by atoms with van der Waals surface area (Å²) in [5.41, 5.74) is 3.14. The summed E-state index contributed by atoms with van der Waals surface area (Å²) in [7, 11) is 0. The lowest BCUT2D eigenvalue weighted by atomic mass is 10.1. The highest BCUT2D eigenvalue weighted by molar-refractivity contribution is 6.33. The van der Waals surface area contributed by atoms with Gasteiger partial charge in [-0.1, -0.05) is 29.8 Å². The Kier molecular flexibility index (Phi) is 2.78. The van der Waals surface area contributed by atoms with Crippen molar-refractivity contribution in [2.24, 2.45) is 0 Å². The van der Waals surface area contributed by atoms with Gasteiger partial charge in [0, 0.05) is 18.3 Å². The second kappa shape index (κ2) is 4.07. The summed E-state index contributed by atoms with van der Waals surface area (Å²) >= 11 is 6.13. The van der Waals surface area contributed by atoms with Crippen molar-refractivity contribution in [2.75, 3.05) is 0 Å². The molecular formula is C12H13ClN2. The molecule has 1 aromatic heterocycles. The van der Waals surface area contributed by atoms with Gasteiger partial charge in [0.1, 0.15) is 0 Å². The summed E-state index contributed by atoms with van der Waals surface area (Å²) < 4.78 is 1.92. The third-order valence-corrected chi connectivity index (χ3v) is 2.73. The molecular weight excluding hydrogens is 208 g/mol. The molecule has 1 heterocycles. The second-order valence-electron chi connectivity index (χ2n) is 3.50. The highest BCUT2D eigenvalue weighted by Crippen LogP contribution is 2.28. The lowest BCUT2D eigenvalue weighted by Crippen LogP contribution is -1.93. The minimum atomic E-state index is 0.752. The van der Waals surface area contributed by atoms with E-state index < -0.39 is 0 Å². The van der Waals surface area contributed by atoms with E-state index in [9.17, 15) is 0 Å². The van der Waals surface area contributed by atoms with Crippen LogP contribution in [-0.4, -0.2) is 9.78 Å². The maximum absolute atomic E-state index is 6.13. The van der Waals surface area contributed by atoms with Gasteiger partial charge in [0.05, 0.1) is 10.7 Å². The van der Waals surface area contributed by atoms with Gasteiger partial charge in [-0.05, 0) is 25.5 Å². The standard InChI is InChI=1S/C12H13ClN2/c1-3-15-8-9(2)12(14-15)10-6-4-5-7-11(10)13/h4-8H,3H2,1-2H3. The molecule has 0 saturated heterocycles. The van der Waals surface area contributed by atoms with E-state index in [0.29, 0.717) is 0 Å². The van der Waals surface area contributed by atoms with Crippen molar-refractivity contribution < 1.29 is 0 Å². The van der Waals surface area contributed by atoms with E-state index in [2.05, 4.69) is 18.9 Å². The molecule has 2 aromatic rings. The van der Waals surface area contributed by atoms with E-state index in [1.165, 1.54) is 0 Å². The van der Waals surface area contributed by atoms with Gasteiger partial charge in [-0.15, -0.1) is 0 Å². The first-order chi connectivity index (χ1) is 7.22. The fraction of sp³-hybridized carbons (Fsp3) is 0.250. The van der Waals surface area contributed by atoms with Crippen LogP contribution in [0.15, 0.2) is 30.5 Å². The van der Waals surface area contributed by atoms with Crippen LogP contribution in [0.3, 0.4) is 0 Å². The number of aryl methyl sites for hydroxylation is 2. The van der Waals surface area contributed by atoms with Gasteiger partial charge >= 0.3 is 0 Å². The minimum Gasteiger partial charge on any atom is -0.272 e. The van der Waals surface area contributed by atoms with E-state index >= 15 is 0 Å². The minimum absolute atomic E-state index is 0.752. The molecule has 0 N–H and O–H groups in total. The van der Waals surface area contributed by atoms with E-state index in [-0.39, 0.29) is 0 Å². The lowest BCUT2D eigenvalue weighted by Gasteiger charge is -2.00. The fourth-order valence-electron chi connectivity index (χ4n) is 1.60. The molecule has 0 spiro atoms. The molecule has 3 heteroatoms. The van der Waals surface area contributed by atoms with Crippen molar-refractivity contribution >= 4 is 11.6 Å². The number of hydrogen-bond donors (Lipinski definition) is 0. The molecule has 0 unspecified atom stereocenters. The highest BCUT2D eigenvalue weighted by atomic mass is 35.5. The van der Waals surface area contributed by atoms with Crippen LogP contribution in [-0.2, 0) is 6.54 Å². The van der Waals surface area contributed by atoms with Gasteiger partial charge in [-0.25, -0.2) is 0 Å². The summed E-state index contributed by atoms with van der Waals surface area (Å²) in [5, 5.41) is 5.24. The van der Waals surface area contributed by atoms with Crippen molar-refractivity contribution in [3.05, 3.63) is 41.0 Å². The first-order valence-corrected chi connectivity index (χ1v) is 5.39. The van der Waals surface area contributed by atoms with E-state index in [1.54, 1.807) is 0 Å². The topological polar surface area (TPSA) is 17.8 Å². The Bertz CT molecular complexity index is 474. The number of aromatic nitrogens is 2. The smallest absolute Gasteiger partial charge is 0.0967 e. The van der Waals surface area contributed by atoms with Crippen molar-refractivity contribution in [3.8, 4) is 11.3 Å². The first-order valence-electron chi connectivity index (χ1n) is 5.01.